The molecule has 1 aliphatic rings. The molecule has 0 radical (unpaired) electrons. The molecule has 7 heteroatoms. The molecule has 1 aromatic carbocycles. The summed E-state index contributed by atoms with van der Waals surface area (Å²) < 4.78 is 7.71. The van der Waals surface area contributed by atoms with E-state index in [1.54, 1.807) is 33.9 Å². The first-order valence-corrected chi connectivity index (χ1v) is 9.51. The number of carbonyl (C=O) groups is 1. The fraction of sp³-hybridized carbons (Fsp3) is 0.182. The zero-order valence-corrected chi connectivity index (χ0v) is 15.7. The van der Waals surface area contributed by atoms with Crippen LogP contribution in [0.4, 0.5) is 0 Å². The van der Waals surface area contributed by atoms with E-state index in [1.807, 2.05) is 30.5 Å². The molecule has 1 saturated heterocycles. The lowest BCUT2D eigenvalue weighted by molar-refractivity contribution is -0.0241. The molecular weight excluding hydrogens is 366 g/mol. The number of morpholine rings is 1. The van der Waals surface area contributed by atoms with Crippen molar-refractivity contribution in [3.63, 3.8) is 0 Å². The highest BCUT2D eigenvalue weighted by molar-refractivity contribution is 5.94. The van der Waals surface area contributed by atoms with Crippen molar-refractivity contribution in [3.8, 4) is 11.1 Å². The van der Waals surface area contributed by atoms with Crippen molar-refractivity contribution in [2.75, 3.05) is 19.7 Å². The Morgan fingerprint density at radius 2 is 1.83 bits per heavy atom. The number of benzene rings is 1. The van der Waals surface area contributed by atoms with E-state index in [4.69, 9.17) is 4.74 Å². The molecule has 1 aliphatic heterocycles. The molecule has 29 heavy (non-hydrogen) atoms. The normalized spacial score (nSPS) is 16.8. The fourth-order valence-electron chi connectivity index (χ4n) is 3.62. The van der Waals surface area contributed by atoms with Gasteiger partial charge >= 0.3 is 0 Å². The van der Waals surface area contributed by atoms with Gasteiger partial charge in [-0.3, -0.25) is 9.78 Å². The summed E-state index contributed by atoms with van der Waals surface area (Å²) in [5.74, 6) is -0.0245. The summed E-state index contributed by atoms with van der Waals surface area (Å²) in [6.45, 7) is 1.45. The number of hydrogen-bond donors (Lipinski definition) is 0. The van der Waals surface area contributed by atoms with Crippen LogP contribution in [0.25, 0.3) is 16.6 Å². The van der Waals surface area contributed by atoms with Gasteiger partial charge in [0.2, 0.25) is 0 Å². The van der Waals surface area contributed by atoms with Crippen LogP contribution in [0.2, 0.25) is 0 Å². The standard InChI is InChI=1S/C22H19N5O2/c28-22(17-8-10-23-11-9-17)26-12-13-29-20(15-26)21-19-7-6-18(14-27(19)25-24-21)16-4-2-1-3-5-16/h1-11,14,20H,12-13,15H2/t20-/m1/s1. The van der Waals surface area contributed by atoms with E-state index in [1.165, 1.54) is 0 Å². The first-order valence-electron chi connectivity index (χ1n) is 9.51. The molecule has 1 atom stereocenters. The van der Waals surface area contributed by atoms with Gasteiger partial charge in [-0.25, -0.2) is 4.52 Å². The average molecular weight is 385 g/mol. The lowest BCUT2D eigenvalue weighted by atomic mass is 10.1. The highest BCUT2D eigenvalue weighted by Crippen LogP contribution is 2.27. The van der Waals surface area contributed by atoms with Crippen LogP contribution in [0, 0.1) is 0 Å². The fourth-order valence-corrected chi connectivity index (χ4v) is 3.62. The minimum Gasteiger partial charge on any atom is -0.368 e. The average Bonchev–Trinajstić information content (AvgIpc) is 3.23. The number of hydrogen-bond acceptors (Lipinski definition) is 5. The number of carbonyl (C=O) groups excluding carboxylic acids is 1. The predicted molar refractivity (Wildman–Crippen MR) is 107 cm³/mol. The topological polar surface area (TPSA) is 72.6 Å². The number of ether oxygens (including phenoxy) is 1. The van der Waals surface area contributed by atoms with Crippen LogP contribution < -0.4 is 0 Å². The maximum atomic E-state index is 12.8. The minimum atomic E-state index is -0.311. The zero-order valence-electron chi connectivity index (χ0n) is 15.7. The number of nitrogens with zero attached hydrogens (tertiary/aromatic N) is 5. The molecule has 0 saturated carbocycles. The number of rotatable bonds is 3. The maximum Gasteiger partial charge on any atom is 0.254 e. The maximum absolute atomic E-state index is 12.8. The second-order valence-corrected chi connectivity index (χ2v) is 6.93. The summed E-state index contributed by atoms with van der Waals surface area (Å²) in [5.41, 5.74) is 4.44. The van der Waals surface area contributed by atoms with E-state index in [2.05, 4.69) is 33.5 Å². The molecule has 7 nitrogen and oxygen atoms in total. The van der Waals surface area contributed by atoms with Crippen LogP contribution in [-0.2, 0) is 4.74 Å². The lowest BCUT2D eigenvalue weighted by Gasteiger charge is -2.32. The molecule has 3 aromatic heterocycles. The monoisotopic (exact) mass is 385 g/mol. The summed E-state index contributed by atoms with van der Waals surface area (Å²) in [6, 6.07) is 17.7. The van der Waals surface area contributed by atoms with Crippen LogP contribution in [0.15, 0.2) is 73.2 Å². The Morgan fingerprint density at radius 3 is 2.66 bits per heavy atom. The number of aromatic nitrogens is 4. The third-order valence-corrected chi connectivity index (χ3v) is 5.13. The highest BCUT2D eigenvalue weighted by atomic mass is 16.5. The van der Waals surface area contributed by atoms with Crippen LogP contribution in [0.1, 0.15) is 22.2 Å². The quantitative estimate of drug-likeness (QED) is 0.542. The molecule has 4 heterocycles. The van der Waals surface area contributed by atoms with Crippen molar-refractivity contribution in [1.82, 2.24) is 24.7 Å². The van der Waals surface area contributed by atoms with Crippen molar-refractivity contribution < 1.29 is 9.53 Å². The van der Waals surface area contributed by atoms with Gasteiger partial charge in [-0.2, -0.15) is 0 Å². The molecular formula is C22H19N5O2. The van der Waals surface area contributed by atoms with Crippen molar-refractivity contribution in [2.24, 2.45) is 0 Å². The van der Waals surface area contributed by atoms with Gasteiger partial charge in [0, 0.05) is 36.3 Å². The molecule has 0 bridgehead atoms. The molecule has 0 spiro atoms. The number of fused-ring (bicyclic) bond motifs is 1. The Bertz CT molecular complexity index is 1140. The van der Waals surface area contributed by atoms with Gasteiger partial charge in [0.05, 0.1) is 18.7 Å². The summed E-state index contributed by atoms with van der Waals surface area (Å²) in [4.78, 5) is 18.6. The summed E-state index contributed by atoms with van der Waals surface area (Å²) in [6.07, 6.45) is 4.91. The molecule has 0 N–H and O–H groups in total. The Labute approximate surface area is 167 Å². The third-order valence-electron chi connectivity index (χ3n) is 5.13. The second-order valence-electron chi connectivity index (χ2n) is 6.93. The van der Waals surface area contributed by atoms with E-state index in [-0.39, 0.29) is 12.0 Å². The first kappa shape index (κ1) is 17.5. The second kappa shape index (κ2) is 7.44. The molecule has 4 aromatic rings. The van der Waals surface area contributed by atoms with E-state index in [9.17, 15) is 4.79 Å². The van der Waals surface area contributed by atoms with Gasteiger partial charge in [0.25, 0.3) is 5.91 Å². The predicted octanol–water partition coefficient (Wildman–Crippen LogP) is 3.01. The van der Waals surface area contributed by atoms with Gasteiger partial charge in [-0.05, 0) is 23.8 Å². The van der Waals surface area contributed by atoms with Crippen molar-refractivity contribution in [2.45, 2.75) is 6.10 Å². The van der Waals surface area contributed by atoms with E-state index in [0.717, 1.165) is 22.3 Å². The molecule has 0 aliphatic carbocycles. The SMILES string of the molecule is O=C(c1ccncc1)N1CCO[C@@H](c2nnn3cc(-c4ccccc4)ccc23)C1. The zero-order chi connectivity index (χ0) is 19.6. The van der Waals surface area contributed by atoms with Gasteiger partial charge in [0.15, 0.2) is 0 Å². The van der Waals surface area contributed by atoms with Crippen LogP contribution >= 0.6 is 0 Å². The molecule has 0 unspecified atom stereocenters. The van der Waals surface area contributed by atoms with E-state index in [0.29, 0.717) is 25.3 Å². The first-order chi connectivity index (χ1) is 14.3. The highest BCUT2D eigenvalue weighted by Gasteiger charge is 2.29. The summed E-state index contributed by atoms with van der Waals surface area (Å²) >= 11 is 0. The van der Waals surface area contributed by atoms with E-state index < -0.39 is 0 Å². The Morgan fingerprint density at radius 1 is 1.00 bits per heavy atom. The van der Waals surface area contributed by atoms with Crippen molar-refractivity contribution >= 4 is 11.4 Å². The van der Waals surface area contributed by atoms with Crippen LogP contribution in [0.5, 0.6) is 0 Å². The largest absolute Gasteiger partial charge is 0.368 e. The van der Waals surface area contributed by atoms with Crippen LogP contribution in [-0.4, -0.2) is 50.3 Å². The number of pyridine rings is 2. The minimum absolute atomic E-state index is 0.0245. The van der Waals surface area contributed by atoms with Crippen molar-refractivity contribution in [3.05, 3.63) is 84.4 Å². The summed E-state index contributed by atoms with van der Waals surface area (Å²) in [7, 11) is 0. The van der Waals surface area contributed by atoms with Gasteiger partial charge in [-0.15, -0.1) is 5.10 Å². The van der Waals surface area contributed by atoms with Gasteiger partial charge in [0.1, 0.15) is 11.8 Å². The lowest BCUT2D eigenvalue weighted by Crippen LogP contribution is -2.42. The Hall–Kier alpha value is -3.58. The smallest absolute Gasteiger partial charge is 0.254 e. The molecule has 144 valence electrons. The third kappa shape index (κ3) is 3.36. The van der Waals surface area contributed by atoms with Crippen LogP contribution in [0.3, 0.4) is 0 Å². The summed E-state index contributed by atoms with van der Waals surface area (Å²) in [5, 5.41) is 8.64. The van der Waals surface area contributed by atoms with Crippen molar-refractivity contribution in [1.29, 1.82) is 0 Å². The molecule has 1 amide bonds. The Balaban J connectivity index is 1.41. The van der Waals surface area contributed by atoms with Gasteiger partial charge < -0.3 is 9.64 Å². The Kier molecular flexibility index (Phi) is 4.50. The number of amides is 1. The van der Waals surface area contributed by atoms with Gasteiger partial charge in [-0.1, -0.05) is 41.6 Å². The van der Waals surface area contributed by atoms with E-state index >= 15 is 0 Å². The molecule has 1 fully saturated rings. The molecule has 5 rings (SSSR count).